The van der Waals surface area contributed by atoms with Crippen LogP contribution in [0.15, 0.2) is 47.6 Å². The topological polar surface area (TPSA) is 89.0 Å². The Labute approximate surface area is 145 Å². The first-order valence-electron chi connectivity index (χ1n) is 7.46. The number of anilines is 1. The molecule has 0 spiro atoms. The van der Waals surface area contributed by atoms with Gasteiger partial charge >= 0.3 is 0 Å². The largest absolute Gasteiger partial charge is 0.497 e. The second kappa shape index (κ2) is 8.49. The summed E-state index contributed by atoms with van der Waals surface area (Å²) in [4.78, 5) is 23.1. The fourth-order valence-electron chi connectivity index (χ4n) is 2.02. The van der Waals surface area contributed by atoms with Crippen LogP contribution >= 0.6 is 0 Å². The van der Waals surface area contributed by atoms with Gasteiger partial charge in [0.15, 0.2) is 0 Å². The predicted octanol–water partition coefficient (Wildman–Crippen LogP) is 2.43. The minimum atomic E-state index is -0.386. The van der Waals surface area contributed by atoms with E-state index in [0.717, 1.165) is 5.56 Å². The van der Waals surface area contributed by atoms with Crippen molar-refractivity contribution in [1.29, 1.82) is 0 Å². The van der Waals surface area contributed by atoms with Gasteiger partial charge in [-0.05, 0) is 29.8 Å². The van der Waals surface area contributed by atoms with Gasteiger partial charge in [0.2, 0.25) is 5.91 Å². The zero-order valence-corrected chi connectivity index (χ0v) is 14.2. The number of carbonyl (C=O) groups is 2. The molecule has 0 radical (unpaired) electrons. The summed E-state index contributed by atoms with van der Waals surface area (Å²) in [7, 11) is 3.03. The Morgan fingerprint density at radius 3 is 2.12 bits per heavy atom. The number of benzene rings is 2. The van der Waals surface area contributed by atoms with Crippen LogP contribution in [-0.4, -0.2) is 32.2 Å². The monoisotopic (exact) mass is 341 g/mol. The fourth-order valence-corrected chi connectivity index (χ4v) is 2.02. The Balaban J connectivity index is 2.01. The molecule has 2 rings (SSSR count). The summed E-state index contributed by atoms with van der Waals surface area (Å²) in [5.74, 6) is 0.509. The van der Waals surface area contributed by atoms with Crippen molar-refractivity contribution in [2.24, 2.45) is 5.10 Å². The molecule has 0 heterocycles. The van der Waals surface area contributed by atoms with Gasteiger partial charge in [-0.2, -0.15) is 5.10 Å². The summed E-state index contributed by atoms with van der Waals surface area (Å²) in [6.45, 7) is 1.44. The Bertz CT molecular complexity index is 763. The zero-order valence-electron chi connectivity index (χ0n) is 14.2. The summed E-state index contributed by atoms with van der Waals surface area (Å²) in [6.07, 6.45) is 1.51. The molecule has 0 unspecified atom stereocenters. The van der Waals surface area contributed by atoms with Crippen LogP contribution in [0, 0.1) is 0 Å². The third kappa shape index (κ3) is 5.35. The van der Waals surface area contributed by atoms with Crippen LogP contribution in [0.2, 0.25) is 0 Å². The van der Waals surface area contributed by atoms with Crippen molar-refractivity contribution in [1.82, 2.24) is 5.43 Å². The van der Waals surface area contributed by atoms with Crippen LogP contribution in [0.3, 0.4) is 0 Å². The van der Waals surface area contributed by atoms with E-state index in [2.05, 4.69) is 15.8 Å². The highest BCUT2D eigenvalue weighted by molar-refractivity contribution is 5.95. The fraction of sp³-hybridized carbons (Fsp3) is 0.167. The summed E-state index contributed by atoms with van der Waals surface area (Å²) >= 11 is 0. The van der Waals surface area contributed by atoms with Gasteiger partial charge in [0.05, 0.1) is 20.4 Å². The predicted molar refractivity (Wildman–Crippen MR) is 95.4 cm³/mol. The van der Waals surface area contributed by atoms with E-state index in [1.54, 1.807) is 42.5 Å². The number of hydrogen-bond donors (Lipinski definition) is 2. The molecule has 0 saturated carbocycles. The summed E-state index contributed by atoms with van der Waals surface area (Å²) < 4.78 is 10.3. The van der Waals surface area contributed by atoms with E-state index >= 15 is 0 Å². The van der Waals surface area contributed by atoms with Crippen molar-refractivity contribution < 1.29 is 19.1 Å². The number of hydrazone groups is 1. The average Bonchev–Trinajstić information content (AvgIpc) is 2.62. The van der Waals surface area contributed by atoms with Gasteiger partial charge in [-0.15, -0.1) is 0 Å². The second-order valence-corrected chi connectivity index (χ2v) is 5.10. The molecule has 2 aromatic rings. The van der Waals surface area contributed by atoms with E-state index in [1.807, 2.05) is 0 Å². The molecule has 0 aliphatic carbocycles. The van der Waals surface area contributed by atoms with Crippen LogP contribution in [0.25, 0.3) is 0 Å². The molecule has 0 aliphatic rings. The molecule has 2 amide bonds. The lowest BCUT2D eigenvalue weighted by molar-refractivity contribution is -0.114. The maximum absolute atomic E-state index is 12.2. The van der Waals surface area contributed by atoms with E-state index in [0.29, 0.717) is 22.7 Å². The minimum Gasteiger partial charge on any atom is -0.497 e. The van der Waals surface area contributed by atoms with Gasteiger partial charge in [0, 0.05) is 24.2 Å². The van der Waals surface area contributed by atoms with E-state index in [4.69, 9.17) is 9.47 Å². The van der Waals surface area contributed by atoms with Crippen LogP contribution in [0.1, 0.15) is 22.8 Å². The Kier molecular flexibility index (Phi) is 6.11. The number of rotatable bonds is 6. The quantitative estimate of drug-likeness (QED) is 0.624. The normalized spacial score (nSPS) is 10.4. The van der Waals surface area contributed by atoms with Crippen LogP contribution in [0.4, 0.5) is 5.69 Å². The maximum atomic E-state index is 12.2. The van der Waals surface area contributed by atoms with Crippen molar-refractivity contribution >= 4 is 23.7 Å². The molecule has 2 N–H and O–H groups in total. The SMILES string of the molecule is COc1cc(OC)cc(C(=O)N/N=C\c2ccc(NC(C)=O)cc2)c1. The number of nitrogens with one attached hydrogen (secondary N) is 2. The maximum Gasteiger partial charge on any atom is 0.271 e. The van der Waals surface area contributed by atoms with Gasteiger partial charge in [-0.1, -0.05) is 12.1 Å². The van der Waals surface area contributed by atoms with E-state index in [1.165, 1.54) is 27.4 Å². The smallest absolute Gasteiger partial charge is 0.271 e. The van der Waals surface area contributed by atoms with Crippen molar-refractivity contribution in [2.45, 2.75) is 6.92 Å². The number of amides is 2. The molecular weight excluding hydrogens is 322 g/mol. The lowest BCUT2D eigenvalue weighted by Gasteiger charge is -2.07. The van der Waals surface area contributed by atoms with E-state index in [9.17, 15) is 9.59 Å². The molecular formula is C18H19N3O4. The van der Waals surface area contributed by atoms with Crippen LogP contribution < -0.4 is 20.2 Å². The highest BCUT2D eigenvalue weighted by Gasteiger charge is 2.09. The van der Waals surface area contributed by atoms with Crippen molar-refractivity contribution in [3.8, 4) is 11.5 Å². The highest BCUT2D eigenvalue weighted by Crippen LogP contribution is 2.22. The van der Waals surface area contributed by atoms with E-state index < -0.39 is 0 Å². The molecule has 0 fully saturated rings. The third-order valence-electron chi connectivity index (χ3n) is 3.22. The molecule has 25 heavy (non-hydrogen) atoms. The van der Waals surface area contributed by atoms with Crippen molar-refractivity contribution in [3.05, 3.63) is 53.6 Å². The molecule has 0 bridgehead atoms. The van der Waals surface area contributed by atoms with Crippen LogP contribution in [0.5, 0.6) is 11.5 Å². The van der Waals surface area contributed by atoms with Crippen molar-refractivity contribution in [3.63, 3.8) is 0 Å². The number of carbonyl (C=O) groups excluding carboxylic acids is 2. The first kappa shape index (κ1) is 18.0. The summed E-state index contributed by atoms with van der Waals surface area (Å²) in [5.41, 5.74) is 4.28. The number of hydrogen-bond acceptors (Lipinski definition) is 5. The minimum absolute atomic E-state index is 0.137. The first-order valence-corrected chi connectivity index (χ1v) is 7.46. The van der Waals surface area contributed by atoms with Gasteiger partial charge in [-0.3, -0.25) is 9.59 Å². The number of nitrogens with zero attached hydrogens (tertiary/aromatic N) is 1. The van der Waals surface area contributed by atoms with Crippen LogP contribution in [-0.2, 0) is 4.79 Å². The number of ether oxygens (including phenoxy) is 2. The lowest BCUT2D eigenvalue weighted by atomic mass is 10.2. The summed E-state index contributed by atoms with van der Waals surface area (Å²) in [5, 5.41) is 6.60. The number of methoxy groups -OCH3 is 2. The second-order valence-electron chi connectivity index (χ2n) is 5.10. The average molecular weight is 341 g/mol. The van der Waals surface area contributed by atoms with Crippen molar-refractivity contribution in [2.75, 3.05) is 19.5 Å². The Morgan fingerprint density at radius 1 is 1.00 bits per heavy atom. The van der Waals surface area contributed by atoms with Gasteiger partial charge in [0.1, 0.15) is 11.5 Å². The molecule has 130 valence electrons. The molecule has 0 saturated heterocycles. The van der Waals surface area contributed by atoms with Gasteiger partial charge < -0.3 is 14.8 Å². The zero-order chi connectivity index (χ0) is 18.2. The molecule has 7 heteroatoms. The van der Waals surface area contributed by atoms with Gasteiger partial charge in [-0.25, -0.2) is 5.43 Å². The Hall–Kier alpha value is -3.35. The standard InChI is InChI=1S/C18H19N3O4/c1-12(22)20-15-6-4-13(5-7-15)11-19-21-18(23)14-8-16(24-2)10-17(9-14)25-3/h4-11H,1-3H3,(H,20,22)(H,21,23)/b19-11-. The van der Waals surface area contributed by atoms with E-state index in [-0.39, 0.29) is 11.8 Å². The molecule has 0 atom stereocenters. The Morgan fingerprint density at radius 2 is 1.60 bits per heavy atom. The summed E-state index contributed by atoms with van der Waals surface area (Å²) in [6, 6.07) is 11.9. The van der Waals surface area contributed by atoms with Gasteiger partial charge in [0.25, 0.3) is 5.91 Å². The molecule has 7 nitrogen and oxygen atoms in total. The first-order chi connectivity index (χ1) is 12.0. The lowest BCUT2D eigenvalue weighted by Crippen LogP contribution is -2.17. The molecule has 0 aromatic heterocycles. The highest BCUT2D eigenvalue weighted by atomic mass is 16.5. The molecule has 0 aliphatic heterocycles. The molecule has 2 aromatic carbocycles. The third-order valence-corrected chi connectivity index (χ3v) is 3.22.